The summed E-state index contributed by atoms with van der Waals surface area (Å²) in [4.78, 5) is 154. The fraction of sp³-hybridized carbons (Fsp3) is 0.447. The molecule has 600 valence electrons. The van der Waals surface area contributed by atoms with Crippen LogP contribution in [0.3, 0.4) is 0 Å². The number of aromatic amines is 3. The molecule has 3 amide bonds. The van der Waals surface area contributed by atoms with Crippen molar-refractivity contribution >= 4 is 107 Å². The molecule has 0 aliphatic heterocycles. The molecule has 0 atom stereocenters. The van der Waals surface area contributed by atoms with Crippen LogP contribution in [-0.2, 0) is 87.7 Å². The van der Waals surface area contributed by atoms with Gasteiger partial charge in [-0.3, -0.25) is 64.5 Å². The molecule has 0 aromatic carbocycles. The summed E-state index contributed by atoms with van der Waals surface area (Å²) in [6.07, 6.45) is 14.8. The first-order valence-corrected chi connectivity index (χ1v) is 35.3. The number of nitrogens with one attached hydrogen (secondary N) is 6. The van der Waals surface area contributed by atoms with E-state index >= 15 is 0 Å². The molecule has 0 radical (unpaired) electrons. The molecule has 0 bridgehead atoms. The first-order chi connectivity index (χ1) is 51.9. The van der Waals surface area contributed by atoms with Crippen molar-refractivity contribution in [1.82, 2.24) is 39.9 Å². The van der Waals surface area contributed by atoms with Gasteiger partial charge in [-0.05, 0) is 126 Å². The number of fused-ring (bicyclic) bond motifs is 4. The van der Waals surface area contributed by atoms with Gasteiger partial charge in [0.05, 0.1) is 80.6 Å². The van der Waals surface area contributed by atoms with E-state index in [0.29, 0.717) is 88.2 Å². The number of halogens is 1. The predicted molar refractivity (Wildman–Crippen MR) is 419 cm³/mol. The van der Waals surface area contributed by atoms with Gasteiger partial charge in [0.15, 0.2) is 5.92 Å². The minimum atomic E-state index is -1.31. The third kappa shape index (κ3) is 32.3. The smallest absolute Gasteiger partial charge is 0.413 e. The van der Waals surface area contributed by atoms with Gasteiger partial charge in [0.25, 0.3) is 16.7 Å². The number of nitrogens with two attached hydrogens (primary N) is 4. The molecule has 34 nitrogen and oxygen atoms in total. The average molecular weight is 1560 g/mol. The molecule has 5 aliphatic carbocycles. The van der Waals surface area contributed by atoms with Crippen molar-refractivity contribution in [3.05, 3.63) is 150 Å². The van der Waals surface area contributed by atoms with Gasteiger partial charge in [0, 0.05) is 82.3 Å². The number of nitriles is 2. The minimum absolute atomic E-state index is 0.0987. The SMILES string of the molecule is CC(N)=CC#N.CC1=Cc2nc(N)[nH]c(=O)c2C1.CC1=Cc2nc(NC(=O)C(C)(C)C)[nH]c(=O)c2C1.CC1=Cc2nc(NC(=O)C(C)(C)C)nc(Cl)c2C1.CCOC(=O)C(CC(C)=CC#N)C(=O)OCC.CCOC(=O)C(N)C(=O)OCC.CCOC(=O)C1=C(N)C=C(C)C1.COC(=O)Nc1nc2c(c(=O)[nH]1)CC(C)=C2. The minimum Gasteiger partial charge on any atom is -0.465 e. The molecular weight excluding hydrogens is 1460 g/mol. The molecule has 5 aliphatic rings. The number of nitrogens with zero attached hydrogens (tertiary/aromatic N) is 7. The molecule has 0 fully saturated rings. The summed E-state index contributed by atoms with van der Waals surface area (Å²) in [7, 11) is 1.24. The summed E-state index contributed by atoms with van der Waals surface area (Å²) in [6.45, 7) is 33.7. The number of methoxy groups -OCH3 is 1. The van der Waals surface area contributed by atoms with E-state index in [1.807, 2.05) is 91.8 Å². The van der Waals surface area contributed by atoms with E-state index in [9.17, 15) is 52.7 Å². The Labute approximate surface area is 648 Å². The Morgan fingerprint density at radius 1 is 0.541 bits per heavy atom. The quantitative estimate of drug-likeness (QED) is 0.0175. The summed E-state index contributed by atoms with van der Waals surface area (Å²) in [6, 6.07) is 2.31. The van der Waals surface area contributed by atoms with Crippen LogP contribution in [0.1, 0.15) is 182 Å². The maximum absolute atomic E-state index is 11.9. The normalized spacial score (nSPS) is 13.0. The van der Waals surface area contributed by atoms with E-state index in [-0.39, 0.29) is 91.1 Å². The fourth-order valence-corrected chi connectivity index (χ4v) is 9.69. The molecule has 0 saturated carbocycles. The van der Waals surface area contributed by atoms with E-state index < -0.39 is 52.8 Å². The van der Waals surface area contributed by atoms with Crippen LogP contribution < -0.4 is 55.6 Å². The predicted octanol–water partition coefficient (Wildman–Crippen LogP) is 8.52. The van der Waals surface area contributed by atoms with Gasteiger partial charge in [-0.1, -0.05) is 86.6 Å². The van der Waals surface area contributed by atoms with Crippen LogP contribution in [0.4, 0.5) is 28.6 Å². The number of nitrogen functional groups attached to an aromatic ring is 1. The summed E-state index contributed by atoms with van der Waals surface area (Å²) < 4.78 is 27.9. The van der Waals surface area contributed by atoms with E-state index in [0.717, 1.165) is 45.5 Å². The van der Waals surface area contributed by atoms with Crippen molar-refractivity contribution in [2.45, 2.75) is 169 Å². The molecule has 0 saturated heterocycles. The zero-order chi connectivity index (χ0) is 84.4. The topological polar surface area (TPSA) is 543 Å². The number of hydrogen-bond acceptors (Lipinski definition) is 28. The number of anilines is 4. The first kappa shape index (κ1) is 94.9. The Balaban J connectivity index is 0.000000436. The fourth-order valence-electron chi connectivity index (χ4n) is 9.44. The lowest BCUT2D eigenvalue weighted by Gasteiger charge is -2.17. The highest BCUT2D eigenvalue weighted by atomic mass is 35.5. The van der Waals surface area contributed by atoms with E-state index in [1.54, 1.807) is 75.3 Å². The molecule has 35 heteroatoms. The number of hydrogen-bond donors (Lipinski definition) is 10. The highest BCUT2D eigenvalue weighted by Crippen LogP contribution is 2.30. The van der Waals surface area contributed by atoms with Crippen LogP contribution >= 0.6 is 11.6 Å². The summed E-state index contributed by atoms with van der Waals surface area (Å²) in [5.41, 5.74) is 33.3. The van der Waals surface area contributed by atoms with Gasteiger partial charge in [0.1, 0.15) is 5.15 Å². The maximum atomic E-state index is 11.9. The summed E-state index contributed by atoms with van der Waals surface area (Å²) in [5, 5.41) is 24.4. The standard InChI is InChI=1S/C13H16ClN3O.C13H17N3O2.C12H17NO4.C10H11N3O3.C9H13NO2.C8H9N3O.C7H13NO4.C4H6N2/c1-7-5-8-9(6-7)15-12(16-10(8)14)17-11(18)13(2,3)4;1-7-5-8-9(6-7)14-12(15-10(8)17)16-11(18)13(2,3)4;1-4-16-11(14)10(12(15)17-5-2)8-9(3)6-7-13;1-5-3-6-7(4-5)11-9(12-8(6)14)13-10(15)16-2;1-3-12-9(11)7-4-6(2)5-8(7)10;1-4-2-5-6(3-4)10-8(9)11-7(5)12;1-3-11-6(9)5(8)7(10)12-4-2;1-4(6)2-3-5/h6H,5H2,1-4H3,(H,15,16,17,18);6H,5H2,1-4H3,(H2,14,15,16,17,18);6,10H,4-5,8H2,1-3H3;4H,3H2,1-2H3,(H2,11,12,13,14,15);5H,3-4,10H2,1-2H3;3H,2H2,1H3,(H3,9,10,11,12);5H,3-4,8H2,1-2H3;2H,6H2,1H3. The second-order valence-corrected chi connectivity index (χ2v) is 27.3. The van der Waals surface area contributed by atoms with Crippen molar-refractivity contribution in [1.29, 1.82) is 10.5 Å². The summed E-state index contributed by atoms with van der Waals surface area (Å²) in [5.74, 6) is -3.55. The number of ether oxygens (including phenoxy) is 6. The van der Waals surface area contributed by atoms with Gasteiger partial charge in [-0.25, -0.2) is 44.1 Å². The average Bonchev–Trinajstić information content (AvgIpc) is 1.70. The number of H-pyrrole nitrogens is 3. The Morgan fingerprint density at radius 3 is 1.30 bits per heavy atom. The Kier molecular flexibility index (Phi) is 39.0. The van der Waals surface area contributed by atoms with Gasteiger partial charge < -0.3 is 51.4 Å². The highest BCUT2D eigenvalue weighted by Gasteiger charge is 2.31. The van der Waals surface area contributed by atoms with E-state index in [2.05, 4.69) is 70.0 Å². The van der Waals surface area contributed by atoms with Gasteiger partial charge >= 0.3 is 35.9 Å². The Hall–Kier alpha value is -12.2. The van der Waals surface area contributed by atoms with Crippen molar-refractivity contribution in [3.63, 3.8) is 0 Å². The monoisotopic (exact) mass is 1560 g/mol. The lowest BCUT2D eigenvalue weighted by molar-refractivity contribution is -0.162. The lowest BCUT2D eigenvalue weighted by Crippen LogP contribution is -2.41. The van der Waals surface area contributed by atoms with Crippen molar-refractivity contribution < 1.29 is 66.8 Å². The molecule has 14 N–H and O–H groups in total. The van der Waals surface area contributed by atoms with Crippen LogP contribution in [0.2, 0.25) is 5.15 Å². The molecule has 0 spiro atoms. The van der Waals surface area contributed by atoms with Gasteiger partial charge in [0.2, 0.25) is 41.6 Å². The second-order valence-electron chi connectivity index (χ2n) is 27.0. The first-order valence-electron chi connectivity index (χ1n) is 34.9. The third-order valence-electron chi connectivity index (χ3n) is 14.8. The zero-order valence-electron chi connectivity index (χ0n) is 66.2. The molecule has 9 rings (SSSR count). The summed E-state index contributed by atoms with van der Waals surface area (Å²) >= 11 is 6.10. The van der Waals surface area contributed by atoms with Crippen LogP contribution in [0.25, 0.3) is 24.3 Å². The molecule has 4 heterocycles. The van der Waals surface area contributed by atoms with Crippen LogP contribution in [-0.4, -0.2) is 134 Å². The number of carbonyl (C=O) groups is 8. The Morgan fingerprint density at radius 2 is 0.919 bits per heavy atom. The third-order valence-corrected chi connectivity index (χ3v) is 15.1. The number of esters is 5. The number of aromatic nitrogens is 8. The van der Waals surface area contributed by atoms with E-state index in [4.69, 9.17) is 59.3 Å². The zero-order valence-corrected chi connectivity index (χ0v) is 67.0. The molecule has 111 heavy (non-hydrogen) atoms. The molecule has 4 aromatic rings. The van der Waals surface area contributed by atoms with Crippen molar-refractivity contribution in [2.24, 2.45) is 33.9 Å². The van der Waals surface area contributed by atoms with Crippen molar-refractivity contribution in [3.8, 4) is 12.1 Å². The van der Waals surface area contributed by atoms with Crippen LogP contribution in [0, 0.1) is 39.4 Å². The second kappa shape index (κ2) is 45.6. The number of rotatable bonds is 15. The van der Waals surface area contributed by atoms with Crippen LogP contribution in [0.15, 0.2) is 83.0 Å². The van der Waals surface area contributed by atoms with E-state index in [1.165, 1.54) is 24.8 Å². The van der Waals surface area contributed by atoms with Gasteiger partial charge in [-0.2, -0.15) is 10.5 Å². The van der Waals surface area contributed by atoms with Crippen molar-refractivity contribution in [2.75, 3.05) is 61.8 Å². The van der Waals surface area contributed by atoms with Crippen LogP contribution in [0.5, 0.6) is 0 Å². The maximum Gasteiger partial charge on any atom is 0.413 e. The highest BCUT2D eigenvalue weighted by molar-refractivity contribution is 6.30. The molecule has 0 unspecified atom stereocenters. The molecular formula is C76H102ClN17O17. The van der Waals surface area contributed by atoms with Gasteiger partial charge in [-0.15, -0.1) is 0 Å². The number of allylic oxidation sites excluding steroid dienone is 10. The Bertz CT molecular complexity index is 4580. The number of carbonyl (C=O) groups excluding carboxylic acids is 8. The number of amides is 3. The lowest BCUT2D eigenvalue weighted by atomic mass is 9.96. The molecule has 4 aromatic heterocycles. The largest absolute Gasteiger partial charge is 0.465 e.